The quantitative estimate of drug-likeness (QED) is 0.266. The molecule has 0 saturated heterocycles. The molecule has 0 amide bonds. The van der Waals surface area contributed by atoms with Crippen molar-refractivity contribution in [2.45, 2.75) is 38.7 Å². The number of rotatable bonds is 5. The third-order valence-corrected chi connectivity index (χ3v) is 1.34. The minimum Gasteiger partial charge on any atom is -0.411 e. The predicted molar refractivity (Wildman–Crippen MR) is 40.4 cm³/mol. The van der Waals surface area contributed by atoms with E-state index in [1.165, 1.54) is 0 Å². The van der Waals surface area contributed by atoms with E-state index in [4.69, 9.17) is 10.3 Å². The summed E-state index contributed by atoms with van der Waals surface area (Å²) < 4.78 is 0. The van der Waals surface area contributed by atoms with Gasteiger partial charge < -0.3 is 10.3 Å². The molecule has 0 heterocycles. The molecule has 0 aliphatic rings. The summed E-state index contributed by atoms with van der Waals surface area (Å²) in [6.45, 7) is 2.10. The number of hydrogen-bond donors (Lipinski definition) is 2. The second kappa shape index (κ2) is 6.55. The first-order chi connectivity index (χ1) is 4.81. The summed E-state index contributed by atoms with van der Waals surface area (Å²) in [4.78, 5) is 0. The van der Waals surface area contributed by atoms with E-state index in [-0.39, 0.29) is 0 Å². The van der Waals surface area contributed by atoms with E-state index in [9.17, 15) is 0 Å². The van der Waals surface area contributed by atoms with Crippen molar-refractivity contribution in [3.05, 3.63) is 0 Å². The third-order valence-electron chi connectivity index (χ3n) is 1.34. The Labute approximate surface area is 61.4 Å². The van der Waals surface area contributed by atoms with Gasteiger partial charge in [0.2, 0.25) is 0 Å². The summed E-state index contributed by atoms with van der Waals surface area (Å²) in [6.07, 6.45) is 4.52. The fourth-order valence-electron chi connectivity index (χ4n) is 0.755. The third kappa shape index (κ3) is 5.56. The van der Waals surface area contributed by atoms with E-state index in [0.717, 1.165) is 25.5 Å². The molecule has 3 heteroatoms. The van der Waals surface area contributed by atoms with Crippen LogP contribution in [0.4, 0.5) is 0 Å². The topological polar surface area (TPSA) is 52.8 Å². The molecular weight excluding hydrogens is 130 g/mol. The molecule has 0 saturated carbocycles. The standard InChI is InChI=1S/C7H15NO2/c1-2-3-4-5-7(9)6-8-10/h6-7,9-10H,2-5H2,1H3/b8-6+. The summed E-state index contributed by atoms with van der Waals surface area (Å²) >= 11 is 0. The van der Waals surface area contributed by atoms with Gasteiger partial charge in [-0.15, -0.1) is 0 Å². The van der Waals surface area contributed by atoms with Gasteiger partial charge in [0.15, 0.2) is 0 Å². The van der Waals surface area contributed by atoms with Gasteiger partial charge in [-0.2, -0.15) is 0 Å². The molecule has 0 radical (unpaired) electrons. The zero-order valence-electron chi connectivity index (χ0n) is 6.32. The summed E-state index contributed by atoms with van der Waals surface area (Å²) in [6, 6.07) is 0. The Balaban J connectivity index is 3.13. The SMILES string of the molecule is CCCCCC(O)/C=N/O. The van der Waals surface area contributed by atoms with Crippen LogP contribution in [0.25, 0.3) is 0 Å². The van der Waals surface area contributed by atoms with Crippen molar-refractivity contribution in [3.8, 4) is 0 Å². The Morgan fingerprint density at radius 3 is 2.70 bits per heavy atom. The van der Waals surface area contributed by atoms with Crippen LogP contribution in [-0.2, 0) is 0 Å². The summed E-state index contributed by atoms with van der Waals surface area (Å²) in [7, 11) is 0. The first kappa shape index (κ1) is 9.43. The van der Waals surface area contributed by atoms with Crippen LogP contribution in [0.1, 0.15) is 32.6 Å². The van der Waals surface area contributed by atoms with Crippen molar-refractivity contribution < 1.29 is 10.3 Å². The molecule has 0 rings (SSSR count). The number of oxime groups is 1. The Hall–Kier alpha value is -0.570. The lowest BCUT2D eigenvalue weighted by Gasteiger charge is -2.01. The lowest BCUT2D eigenvalue weighted by molar-refractivity contribution is 0.222. The van der Waals surface area contributed by atoms with Crippen LogP contribution in [0.5, 0.6) is 0 Å². The van der Waals surface area contributed by atoms with Gasteiger partial charge in [0, 0.05) is 0 Å². The molecule has 3 nitrogen and oxygen atoms in total. The average Bonchev–Trinajstić information content (AvgIpc) is 1.89. The molecule has 0 spiro atoms. The van der Waals surface area contributed by atoms with Gasteiger partial charge in [0.25, 0.3) is 0 Å². The Morgan fingerprint density at radius 1 is 1.50 bits per heavy atom. The van der Waals surface area contributed by atoms with Crippen molar-refractivity contribution in [1.29, 1.82) is 0 Å². The van der Waals surface area contributed by atoms with E-state index >= 15 is 0 Å². The maximum Gasteiger partial charge on any atom is 0.0924 e. The Morgan fingerprint density at radius 2 is 2.20 bits per heavy atom. The summed E-state index contributed by atoms with van der Waals surface area (Å²) in [5.41, 5.74) is 0. The van der Waals surface area contributed by atoms with Crippen LogP contribution < -0.4 is 0 Å². The van der Waals surface area contributed by atoms with Gasteiger partial charge >= 0.3 is 0 Å². The van der Waals surface area contributed by atoms with Gasteiger partial charge in [-0.25, -0.2) is 0 Å². The first-order valence-corrected chi connectivity index (χ1v) is 3.67. The average molecular weight is 145 g/mol. The molecule has 0 aromatic heterocycles. The largest absolute Gasteiger partial charge is 0.411 e. The molecular formula is C7H15NO2. The second-order valence-electron chi connectivity index (χ2n) is 2.33. The maximum atomic E-state index is 8.97. The van der Waals surface area contributed by atoms with Crippen LogP contribution in [0.15, 0.2) is 5.16 Å². The van der Waals surface area contributed by atoms with E-state index in [1.54, 1.807) is 0 Å². The highest BCUT2D eigenvalue weighted by Crippen LogP contribution is 2.01. The van der Waals surface area contributed by atoms with Gasteiger partial charge in [-0.1, -0.05) is 31.3 Å². The monoisotopic (exact) mass is 145 g/mol. The lowest BCUT2D eigenvalue weighted by atomic mass is 10.1. The molecule has 1 unspecified atom stereocenters. The minimum absolute atomic E-state index is 0.573. The van der Waals surface area contributed by atoms with Gasteiger partial charge in [0.05, 0.1) is 12.3 Å². The predicted octanol–water partition coefficient (Wildman–Crippen LogP) is 1.39. The molecule has 1 atom stereocenters. The Kier molecular flexibility index (Phi) is 6.18. The van der Waals surface area contributed by atoms with Crippen LogP contribution in [-0.4, -0.2) is 22.6 Å². The molecule has 0 aromatic rings. The molecule has 0 bridgehead atoms. The van der Waals surface area contributed by atoms with E-state index in [2.05, 4.69) is 12.1 Å². The molecule has 60 valence electrons. The van der Waals surface area contributed by atoms with Crippen LogP contribution >= 0.6 is 0 Å². The second-order valence-corrected chi connectivity index (χ2v) is 2.33. The minimum atomic E-state index is -0.573. The number of nitrogens with zero attached hydrogens (tertiary/aromatic N) is 1. The molecule has 0 fully saturated rings. The summed E-state index contributed by atoms with van der Waals surface area (Å²) in [5, 5.41) is 19.7. The molecule has 0 aromatic carbocycles. The van der Waals surface area contributed by atoms with E-state index in [1.807, 2.05) is 0 Å². The number of unbranched alkanes of at least 4 members (excludes halogenated alkanes) is 2. The van der Waals surface area contributed by atoms with E-state index < -0.39 is 6.10 Å². The highest BCUT2D eigenvalue weighted by molar-refractivity contribution is 5.61. The molecule has 2 N–H and O–H groups in total. The van der Waals surface area contributed by atoms with Gasteiger partial charge in [0.1, 0.15) is 0 Å². The number of hydrogen-bond acceptors (Lipinski definition) is 3. The fraction of sp³-hybridized carbons (Fsp3) is 0.857. The van der Waals surface area contributed by atoms with Gasteiger partial charge in [-0.3, -0.25) is 0 Å². The molecule has 10 heavy (non-hydrogen) atoms. The smallest absolute Gasteiger partial charge is 0.0924 e. The first-order valence-electron chi connectivity index (χ1n) is 3.67. The van der Waals surface area contributed by atoms with Crippen molar-refractivity contribution in [3.63, 3.8) is 0 Å². The maximum absolute atomic E-state index is 8.97. The normalized spacial score (nSPS) is 14.2. The van der Waals surface area contributed by atoms with Crippen molar-refractivity contribution in [2.24, 2.45) is 5.16 Å². The van der Waals surface area contributed by atoms with Crippen molar-refractivity contribution in [2.75, 3.05) is 0 Å². The highest BCUT2D eigenvalue weighted by atomic mass is 16.4. The number of aliphatic hydroxyl groups excluding tert-OH is 1. The highest BCUT2D eigenvalue weighted by Gasteiger charge is 1.97. The zero-order valence-corrected chi connectivity index (χ0v) is 6.32. The molecule has 0 aliphatic carbocycles. The zero-order chi connectivity index (χ0) is 7.82. The lowest BCUT2D eigenvalue weighted by Crippen LogP contribution is -2.07. The number of aliphatic hydroxyl groups is 1. The molecule has 0 aliphatic heterocycles. The van der Waals surface area contributed by atoms with Crippen molar-refractivity contribution in [1.82, 2.24) is 0 Å². The van der Waals surface area contributed by atoms with E-state index in [0.29, 0.717) is 6.42 Å². The fourth-order valence-corrected chi connectivity index (χ4v) is 0.755. The van der Waals surface area contributed by atoms with Crippen LogP contribution in [0.2, 0.25) is 0 Å². The van der Waals surface area contributed by atoms with Crippen LogP contribution in [0.3, 0.4) is 0 Å². The van der Waals surface area contributed by atoms with Crippen molar-refractivity contribution >= 4 is 6.21 Å². The summed E-state index contributed by atoms with van der Waals surface area (Å²) in [5.74, 6) is 0. The van der Waals surface area contributed by atoms with Crippen LogP contribution in [0, 0.1) is 0 Å². The Bertz CT molecular complexity index is 93.6. The van der Waals surface area contributed by atoms with Gasteiger partial charge in [-0.05, 0) is 6.42 Å².